The lowest BCUT2D eigenvalue weighted by molar-refractivity contribution is -0.140. The van der Waals surface area contributed by atoms with Crippen LogP contribution in [-0.2, 0) is 24.0 Å². The van der Waals surface area contributed by atoms with Crippen molar-refractivity contribution >= 4 is 87.6 Å². The second-order valence-corrected chi connectivity index (χ2v) is 24.4. The Morgan fingerprint density at radius 2 is 1.19 bits per heavy atom. The zero-order valence-corrected chi connectivity index (χ0v) is 51.7. The zero-order valence-electron chi connectivity index (χ0n) is 51.7. The summed E-state index contributed by atoms with van der Waals surface area (Å²) >= 11 is 0. The molecule has 6 aliphatic heterocycles. The molecule has 0 saturated carbocycles. The van der Waals surface area contributed by atoms with Gasteiger partial charge < -0.3 is 49.2 Å². The molecule has 4 aromatic rings. The topological polar surface area (TPSA) is 221 Å². The fourth-order valence-corrected chi connectivity index (χ4v) is 12.1. The normalized spacial score (nSPS) is 19.6. The number of amides is 6. The summed E-state index contributed by atoms with van der Waals surface area (Å²) in [6, 6.07) is 21.4. The Morgan fingerprint density at radius 1 is 0.648 bits per heavy atom. The number of benzene rings is 4. The van der Waals surface area contributed by atoms with Crippen LogP contribution in [0.5, 0.6) is 23.0 Å². The van der Waals surface area contributed by atoms with Gasteiger partial charge >= 0.3 is 0 Å². The molecule has 20 heteroatoms. The first kappa shape index (κ1) is 62.4. The number of likely N-dealkylation sites (N-methyl/N-ethyl adjacent to an activating group) is 1. The van der Waals surface area contributed by atoms with E-state index in [2.05, 4.69) is 51.7 Å². The largest absolute Gasteiger partial charge is 0.493 e. The molecule has 2 fully saturated rings. The van der Waals surface area contributed by atoms with Crippen molar-refractivity contribution in [2.45, 2.75) is 111 Å². The molecule has 2 saturated heterocycles. The third-order valence-electron chi connectivity index (χ3n) is 17.5. The molecule has 4 aromatic carbocycles. The van der Waals surface area contributed by atoms with Gasteiger partial charge in [-0.05, 0) is 90.4 Å². The van der Waals surface area contributed by atoms with E-state index in [0.29, 0.717) is 96.3 Å². The van der Waals surface area contributed by atoms with Gasteiger partial charge in [0.15, 0.2) is 28.8 Å². The quantitative estimate of drug-likeness (QED) is 0.0467. The molecule has 10 rings (SSSR count). The Bertz CT molecular complexity index is 3440. The van der Waals surface area contributed by atoms with E-state index in [4.69, 9.17) is 28.9 Å². The van der Waals surface area contributed by atoms with E-state index in [-0.39, 0.29) is 104 Å². The Labute approximate surface area is 515 Å². The predicted octanol–water partition coefficient (Wildman–Crippen LogP) is 9.51. The van der Waals surface area contributed by atoms with Gasteiger partial charge in [-0.25, -0.2) is 0 Å². The Balaban J connectivity index is 0.674. The van der Waals surface area contributed by atoms with Crippen LogP contribution in [0.2, 0.25) is 0 Å². The van der Waals surface area contributed by atoms with Crippen molar-refractivity contribution in [3.05, 3.63) is 107 Å². The molecule has 20 nitrogen and oxygen atoms in total. The van der Waals surface area contributed by atoms with Crippen LogP contribution in [0.15, 0.2) is 95.2 Å². The molecule has 0 aliphatic carbocycles. The molecule has 0 aromatic heterocycles. The number of carbonyl (C=O) groups is 7. The number of carbonyl (C=O) groups excluding carboxylic acids is 7. The minimum atomic E-state index is -0.757. The molecule has 88 heavy (non-hydrogen) atoms. The molecule has 0 spiro atoms. The standard InChI is InChI=1S/C68H81N9O11/c1-41(2)52-34-63(80)75(66(52)82)22-11-9-10-13-62(79)72-64(42(3)4)57(78)29-43(5)65(81)71-48-18-14-44(15-19-48)46-30-50-37-69-55-35-60(58(85-7)32-53(55)67(83)76(50)39-46)87-27-12-28-88-61-36-56-54(33-59(61)86-8)68(84)77-40-47(31-51(77)38-70-56)45-16-20-49(21-17-45)74-25-23-73(6)24-26-74/h14-21,32-33,35-43,50-52,64H,9-13,22-31,34H2,1-8H3,(H,71,81)(H,72,79)/t43-,50+,51+,52?,64+/m1/s1. The first-order chi connectivity index (χ1) is 42.4. The van der Waals surface area contributed by atoms with E-state index >= 15 is 0 Å². The Morgan fingerprint density at radius 3 is 1.70 bits per heavy atom. The first-order valence-corrected chi connectivity index (χ1v) is 30.8. The Kier molecular flexibility index (Phi) is 19.6. The molecule has 6 amide bonds. The van der Waals surface area contributed by atoms with E-state index < -0.39 is 12.0 Å². The number of hydrogen-bond donors (Lipinski definition) is 2. The number of nitrogens with zero attached hydrogens (tertiary/aromatic N) is 7. The molecule has 2 N–H and O–H groups in total. The maximum absolute atomic E-state index is 14.2. The molecule has 0 bridgehead atoms. The first-order valence-electron chi connectivity index (χ1n) is 30.8. The summed E-state index contributed by atoms with van der Waals surface area (Å²) < 4.78 is 23.9. The molecule has 1 unspecified atom stereocenters. The van der Waals surface area contributed by atoms with Crippen LogP contribution in [0.1, 0.15) is 124 Å². The second kappa shape index (κ2) is 27.6. The van der Waals surface area contributed by atoms with Crippen LogP contribution < -0.4 is 34.5 Å². The third-order valence-corrected chi connectivity index (χ3v) is 17.5. The number of imide groups is 1. The number of rotatable bonds is 25. The summed E-state index contributed by atoms with van der Waals surface area (Å²) in [6.45, 7) is 14.2. The van der Waals surface area contributed by atoms with Crippen molar-refractivity contribution in [1.29, 1.82) is 0 Å². The maximum atomic E-state index is 14.2. The number of unbranched alkanes of at least 4 members (excludes halogenated alkanes) is 2. The summed E-state index contributed by atoms with van der Waals surface area (Å²) in [7, 11) is 5.21. The molecule has 6 heterocycles. The summed E-state index contributed by atoms with van der Waals surface area (Å²) in [5.74, 6) is -0.854. The van der Waals surface area contributed by atoms with Crippen molar-refractivity contribution in [2.75, 3.05) is 77.4 Å². The summed E-state index contributed by atoms with van der Waals surface area (Å²) in [4.78, 5) is 112. The fourth-order valence-electron chi connectivity index (χ4n) is 12.1. The highest BCUT2D eigenvalue weighted by molar-refractivity contribution is 6.07. The number of Topliss-reactive ketones (excluding diaryl/α,β-unsaturated/α-hetero) is 1. The number of anilines is 2. The van der Waals surface area contributed by atoms with Crippen molar-refractivity contribution in [3.8, 4) is 23.0 Å². The lowest BCUT2D eigenvalue weighted by Crippen LogP contribution is -2.45. The zero-order chi connectivity index (χ0) is 62.3. The number of ether oxygens (including phenoxy) is 4. The number of hydrogen-bond acceptors (Lipinski definition) is 15. The Hall–Kier alpha value is -8.65. The van der Waals surface area contributed by atoms with Crippen LogP contribution in [-0.4, -0.2) is 159 Å². The average Bonchev–Trinajstić information content (AvgIpc) is 4.37. The van der Waals surface area contributed by atoms with Crippen molar-refractivity contribution in [1.82, 2.24) is 24.9 Å². The number of nitrogens with one attached hydrogen (secondary N) is 2. The molecule has 6 aliphatic rings. The van der Waals surface area contributed by atoms with Gasteiger partial charge in [-0.1, -0.05) is 65.3 Å². The van der Waals surface area contributed by atoms with Crippen LogP contribution in [0, 0.1) is 23.7 Å². The van der Waals surface area contributed by atoms with Gasteiger partial charge in [-0.3, -0.25) is 48.4 Å². The number of piperazine rings is 1. The number of fused-ring (bicyclic) bond motifs is 4. The van der Waals surface area contributed by atoms with E-state index in [1.807, 2.05) is 58.4 Å². The van der Waals surface area contributed by atoms with E-state index in [1.165, 1.54) is 17.7 Å². The molecular formula is C68H81N9O11. The number of methoxy groups -OCH3 is 2. The summed E-state index contributed by atoms with van der Waals surface area (Å²) in [5.41, 5.74) is 7.43. The summed E-state index contributed by atoms with van der Waals surface area (Å²) in [5, 5.41) is 5.79. The van der Waals surface area contributed by atoms with Gasteiger partial charge in [0.1, 0.15) is 0 Å². The van der Waals surface area contributed by atoms with Gasteiger partial charge in [0.2, 0.25) is 23.6 Å². The highest BCUT2D eigenvalue weighted by atomic mass is 16.5. The highest BCUT2D eigenvalue weighted by Gasteiger charge is 2.40. The SMILES string of the molecule is COc1cc2c(cc1OCCCOc1cc3c(cc1OC)C(=O)N1C=C(c4ccc(N5CCN(C)CC5)cc4)C[C@H]1C=N3)N=C[C@@H]1CC(c3ccc(NC(=O)[C@H](C)CC(=O)[C@@H](NC(=O)CCCCCN4C(=O)CC(C(C)C)C4=O)C(C)C)cc3)=CN1C2=O. The van der Waals surface area contributed by atoms with Gasteiger partial charge in [-0.15, -0.1) is 0 Å². The van der Waals surface area contributed by atoms with Crippen molar-refractivity contribution in [3.63, 3.8) is 0 Å². The van der Waals surface area contributed by atoms with Crippen molar-refractivity contribution < 1.29 is 52.5 Å². The van der Waals surface area contributed by atoms with Gasteiger partial charge in [-0.2, -0.15) is 0 Å². The van der Waals surface area contributed by atoms with Gasteiger partial charge in [0.05, 0.1) is 68.1 Å². The van der Waals surface area contributed by atoms with E-state index in [0.717, 1.165) is 48.5 Å². The van der Waals surface area contributed by atoms with Crippen molar-refractivity contribution in [2.24, 2.45) is 33.7 Å². The van der Waals surface area contributed by atoms with Crippen LogP contribution in [0.3, 0.4) is 0 Å². The minimum Gasteiger partial charge on any atom is -0.493 e. The van der Waals surface area contributed by atoms with E-state index in [9.17, 15) is 33.6 Å². The van der Waals surface area contributed by atoms with Crippen LogP contribution in [0.25, 0.3) is 11.1 Å². The predicted molar refractivity (Wildman–Crippen MR) is 338 cm³/mol. The average molecular weight is 1200 g/mol. The lowest BCUT2D eigenvalue weighted by Gasteiger charge is -2.34. The maximum Gasteiger partial charge on any atom is 0.260 e. The lowest BCUT2D eigenvalue weighted by atomic mass is 9.92. The van der Waals surface area contributed by atoms with Crippen LogP contribution in [0.4, 0.5) is 22.7 Å². The fraction of sp³-hybridized carbons (Fsp3) is 0.456. The third kappa shape index (κ3) is 14.0. The van der Waals surface area contributed by atoms with Gasteiger partial charge in [0.25, 0.3) is 11.8 Å². The molecular weight excluding hydrogens is 1120 g/mol. The molecule has 0 radical (unpaired) electrons. The minimum absolute atomic E-state index is 0.0639. The monoisotopic (exact) mass is 1200 g/mol. The van der Waals surface area contributed by atoms with E-state index in [1.54, 1.807) is 66.4 Å². The number of likely N-dealkylation sites (tertiary alicyclic amines) is 1. The summed E-state index contributed by atoms with van der Waals surface area (Å²) in [6.07, 6.45) is 11.2. The smallest absolute Gasteiger partial charge is 0.260 e. The van der Waals surface area contributed by atoms with Crippen LogP contribution >= 0.6 is 0 Å². The molecule has 464 valence electrons. The second-order valence-electron chi connectivity index (χ2n) is 24.4. The number of aliphatic imine (C=N–C) groups is 2. The number of ketones is 1. The van der Waals surface area contributed by atoms with Gasteiger partial charge in [0, 0.05) is 131 Å². The molecule has 5 atom stereocenters. The highest BCUT2D eigenvalue weighted by Crippen LogP contribution is 2.42.